The average Bonchev–Trinajstić information content (AvgIpc) is 2.52. The van der Waals surface area contributed by atoms with Crippen LogP contribution in [0.2, 0.25) is 0 Å². The van der Waals surface area contributed by atoms with E-state index < -0.39 is 5.97 Å². The van der Waals surface area contributed by atoms with Crippen LogP contribution >= 0.6 is 0 Å². The summed E-state index contributed by atoms with van der Waals surface area (Å²) in [7, 11) is 1.72. The van der Waals surface area contributed by atoms with E-state index in [2.05, 4.69) is 4.98 Å². The Morgan fingerprint density at radius 2 is 2.00 bits per heavy atom. The number of carbonyl (C=O) groups excluding carboxylic acids is 1. The van der Waals surface area contributed by atoms with Gasteiger partial charge in [-0.1, -0.05) is 18.2 Å². The zero-order chi connectivity index (χ0) is 15.9. The first-order valence-corrected chi connectivity index (χ1v) is 7.10. The number of aryl methyl sites for hydroxylation is 2. The molecule has 2 heterocycles. The minimum absolute atomic E-state index is 0.174. The van der Waals surface area contributed by atoms with Gasteiger partial charge >= 0.3 is 5.97 Å². The highest BCUT2D eigenvalue weighted by atomic mass is 16.5. The molecule has 0 N–H and O–H groups in total. The Kier molecular flexibility index (Phi) is 3.41. The number of hydrogen-bond donors (Lipinski definition) is 0. The minimum Gasteiger partial charge on any atom is -0.462 e. The lowest BCUT2D eigenvalue weighted by molar-refractivity contribution is 0.0525. The number of esters is 1. The molecule has 0 spiro atoms. The van der Waals surface area contributed by atoms with E-state index in [0.717, 1.165) is 10.9 Å². The fourth-order valence-electron chi connectivity index (χ4n) is 2.65. The zero-order valence-corrected chi connectivity index (χ0v) is 12.7. The quantitative estimate of drug-likeness (QED) is 0.538. The molecule has 0 saturated heterocycles. The van der Waals surface area contributed by atoms with Crippen molar-refractivity contribution in [3.63, 3.8) is 0 Å². The zero-order valence-electron chi connectivity index (χ0n) is 12.7. The molecule has 0 amide bonds. The molecule has 0 aliphatic carbocycles. The van der Waals surface area contributed by atoms with Crippen LogP contribution in [0.1, 0.15) is 23.0 Å². The van der Waals surface area contributed by atoms with Crippen LogP contribution in [-0.2, 0) is 11.8 Å². The molecule has 0 radical (unpaired) electrons. The Hall–Kier alpha value is -2.69. The monoisotopic (exact) mass is 296 g/mol. The van der Waals surface area contributed by atoms with Gasteiger partial charge in [-0.2, -0.15) is 0 Å². The van der Waals surface area contributed by atoms with Crippen molar-refractivity contribution >= 4 is 27.8 Å². The van der Waals surface area contributed by atoms with Gasteiger partial charge in [0.15, 0.2) is 0 Å². The van der Waals surface area contributed by atoms with Crippen molar-refractivity contribution in [3.05, 3.63) is 51.9 Å². The third-order valence-electron chi connectivity index (χ3n) is 3.76. The van der Waals surface area contributed by atoms with Crippen LogP contribution in [0, 0.1) is 6.92 Å². The predicted octanol–water partition coefficient (Wildman–Crippen LogP) is 2.57. The van der Waals surface area contributed by atoms with Crippen LogP contribution in [0.25, 0.3) is 21.8 Å². The topological polar surface area (TPSA) is 61.2 Å². The van der Waals surface area contributed by atoms with E-state index in [1.807, 2.05) is 24.3 Å². The predicted molar refractivity (Wildman–Crippen MR) is 85.2 cm³/mol. The summed E-state index contributed by atoms with van der Waals surface area (Å²) in [5.74, 6) is -0.454. The second-order valence-corrected chi connectivity index (χ2v) is 5.12. The number of benzene rings is 1. The second kappa shape index (κ2) is 5.26. The third kappa shape index (κ3) is 2.06. The fourth-order valence-corrected chi connectivity index (χ4v) is 2.65. The molecule has 5 nitrogen and oxygen atoms in total. The molecule has 0 saturated carbocycles. The van der Waals surface area contributed by atoms with E-state index in [0.29, 0.717) is 22.2 Å². The summed E-state index contributed by atoms with van der Waals surface area (Å²) >= 11 is 0. The van der Waals surface area contributed by atoms with Crippen molar-refractivity contribution in [3.8, 4) is 0 Å². The number of aromatic nitrogens is 2. The van der Waals surface area contributed by atoms with Gasteiger partial charge in [0.1, 0.15) is 0 Å². The molecule has 22 heavy (non-hydrogen) atoms. The standard InChI is InChI=1S/C17H16N2O3/c1-4-22-17(21)12-9-13-15(18-10(12)2)11-7-5-6-8-14(11)19(3)16(13)20/h5-9H,4H2,1-3H3. The summed E-state index contributed by atoms with van der Waals surface area (Å²) in [6, 6.07) is 9.18. The summed E-state index contributed by atoms with van der Waals surface area (Å²) in [4.78, 5) is 29.0. The van der Waals surface area contributed by atoms with Crippen molar-refractivity contribution in [2.24, 2.45) is 7.05 Å². The molecular formula is C17H16N2O3. The van der Waals surface area contributed by atoms with Crippen LogP contribution in [0.3, 0.4) is 0 Å². The number of rotatable bonds is 2. The molecule has 0 unspecified atom stereocenters. The van der Waals surface area contributed by atoms with Crippen LogP contribution in [0.15, 0.2) is 35.1 Å². The molecular weight excluding hydrogens is 280 g/mol. The molecule has 0 bridgehead atoms. The van der Waals surface area contributed by atoms with E-state index in [9.17, 15) is 9.59 Å². The molecule has 0 aliphatic heterocycles. The van der Waals surface area contributed by atoms with Crippen LogP contribution in [0.5, 0.6) is 0 Å². The smallest absolute Gasteiger partial charge is 0.339 e. The summed E-state index contributed by atoms with van der Waals surface area (Å²) < 4.78 is 6.60. The van der Waals surface area contributed by atoms with Crippen molar-refractivity contribution < 1.29 is 9.53 Å². The lowest BCUT2D eigenvalue weighted by Gasteiger charge is -2.11. The number of ether oxygens (including phenoxy) is 1. The van der Waals surface area contributed by atoms with E-state index >= 15 is 0 Å². The van der Waals surface area contributed by atoms with Crippen LogP contribution < -0.4 is 5.56 Å². The number of nitrogens with zero attached hydrogens (tertiary/aromatic N) is 2. The van der Waals surface area contributed by atoms with Gasteiger partial charge in [-0.3, -0.25) is 9.78 Å². The van der Waals surface area contributed by atoms with Gasteiger partial charge in [-0.25, -0.2) is 4.79 Å². The third-order valence-corrected chi connectivity index (χ3v) is 3.76. The van der Waals surface area contributed by atoms with E-state index in [-0.39, 0.29) is 12.2 Å². The maximum Gasteiger partial charge on any atom is 0.339 e. The molecule has 5 heteroatoms. The molecule has 0 atom stereocenters. The minimum atomic E-state index is -0.454. The van der Waals surface area contributed by atoms with Crippen molar-refractivity contribution in [2.75, 3.05) is 6.61 Å². The lowest BCUT2D eigenvalue weighted by Crippen LogP contribution is -2.19. The highest BCUT2D eigenvalue weighted by Gasteiger charge is 2.16. The molecule has 112 valence electrons. The van der Waals surface area contributed by atoms with Crippen LogP contribution in [-0.4, -0.2) is 22.1 Å². The van der Waals surface area contributed by atoms with Crippen molar-refractivity contribution in [2.45, 2.75) is 13.8 Å². The van der Waals surface area contributed by atoms with Gasteiger partial charge in [-0.15, -0.1) is 0 Å². The SMILES string of the molecule is CCOC(=O)c1cc2c(=O)n(C)c3ccccc3c2nc1C. The highest BCUT2D eigenvalue weighted by Crippen LogP contribution is 2.23. The number of carbonyl (C=O) groups is 1. The molecule has 1 aromatic carbocycles. The molecule has 0 fully saturated rings. The Balaban J connectivity index is 2.43. The van der Waals surface area contributed by atoms with E-state index in [1.165, 1.54) is 0 Å². The first kappa shape index (κ1) is 14.3. The number of hydrogen-bond acceptors (Lipinski definition) is 4. The Bertz CT molecular complexity index is 957. The summed E-state index contributed by atoms with van der Waals surface area (Å²) in [6.45, 7) is 3.78. The van der Waals surface area contributed by atoms with E-state index in [1.54, 1.807) is 31.5 Å². The fraction of sp³-hybridized carbons (Fsp3) is 0.235. The summed E-state index contributed by atoms with van der Waals surface area (Å²) in [5, 5.41) is 1.31. The highest BCUT2D eigenvalue weighted by molar-refractivity contribution is 6.05. The number of para-hydroxylation sites is 1. The first-order chi connectivity index (χ1) is 10.5. The normalized spacial score (nSPS) is 11.0. The molecule has 3 rings (SSSR count). The molecule has 2 aromatic heterocycles. The van der Waals surface area contributed by atoms with Gasteiger partial charge in [0.2, 0.25) is 0 Å². The first-order valence-electron chi connectivity index (χ1n) is 7.10. The number of fused-ring (bicyclic) bond motifs is 3. The van der Waals surface area contributed by atoms with Gasteiger partial charge < -0.3 is 9.30 Å². The largest absolute Gasteiger partial charge is 0.462 e. The second-order valence-electron chi connectivity index (χ2n) is 5.12. The van der Waals surface area contributed by atoms with Crippen molar-refractivity contribution in [1.82, 2.24) is 9.55 Å². The van der Waals surface area contributed by atoms with E-state index in [4.69, 9.17) is 4.74 Å². The van der Waals surface area contributed by atoms with Gasteiger partial charge in [0, 0.05) is 12.4 Å². The average molecular weight is 296 g/mol. The maximum atomic E-state index is 12.6. The van der Waals surface area contributed by atoms with Gasteiger partial charge in [0.05, 0.1) is 34.3 Å². The molecule has 3 aromatic rings. The Morgan fingerprint density at radius 1 is 1.27 bits per heavy atom. The maximum absolute atomic E-state index is 12.6. The molecule has 0 aliphatic rings. The van der Waals surface area contributed by atoms with Gasteiger partial charge in [-0.05, 0) is 26.0 Å². The summed E-state index contributed by atoms with van der Waals surface area (Å²) in [6.07, 6.45) is 0. The Morgan fingerprint density at radius 3 is 2.73 bits per heavy atom. The van der Waals surface area contributed by atoms with Gasteiger partial charge in [0.25, 0.3) is 5.56 Å². The number of pyridine rings is 2. The summed E-state index contributed by atoms with van der Waals surface area (Å²) in [5.41, 5.74) is 2.15. The van der Waals surface area contributed by atoms with Crippen LogP contribution in [0.4, 0.5) is 0 Å². The lowest BCUT2D eigenvalue weighted by atomic mass is 10.1. The van der Waals surface area contributed by atoms with Crippen molar-refractivity contribution in [1.29, 1.82) is 0 Å². The Labute approximate surface area is 127 Å².